The van der Waals surface area contributed by atoms with Crippen molar-refractivity contribution in [1.82, 2.24) is 10.4 Å². The highest BCUT2D eigenvalue weighted by Crippen LogP contribution is 2.36. The molecule has 1 saturated heterocycles. The molecule has 0 bridgehead atoms. The molecule has 4 rings (SSSR count). The van der Waals surface area contributed by atoms with Crippen molar-refractivity contribution in [3.8, 4) is 17.2 Å². The van der Waals surface area contributed by atoms with Gasteiger partial charge in [-0.2, -0.15) is 5.01 Å². The number of thiocarbonyl (C=S) groups is 1. The Labute approximate surface area is 163 Å². The van der Waals surface area contributed by atoms with Crippen LogP contribution in [0.25, 0.3) is 6.08 Å². The third-order valence-electron chi connectivity index (χ3n) is 3.85. The van der Waals surface area contributed by atoms with Crippen LogP contribution in [0.2, 0.25) is 0 Å². The Morgan fingerprint density at radius 3 is 2.81 bits per heavy atom. The normalized spacial score (nSPS) is 16.9. The van der Waals surface area contributed by atoms with Gasteiger partial charge in [-0.25, -0.2) is 0 Å². The van der Waals surface area contributed by atoms with Crippen LogP contribution in [0.1, 0.15) is 15.9 Å². The monoisotopic (exact) mass is 400 g/mol. The van der Waals surface area contributed by atoms with Crippen LogP contribution in [0.5, 0.6) is 17.2 Å². The molecule has 0 unspecified atom stereocenters. The van der Waals surface area contributed by atoms with E-state index in [-0.39, 0.29) is 22.4 Å². The predicted octanol–water partition coefficient (Wildman–Crippen LogP) is 2.67. The van der Waals surface area contributed by atoms with Crippen LogP contribution >= 0.6 is 24.0 Å². The number of hydrogen-bond donors (Lipinski definition) is 2. The van der Waals surface area contributed by atoms with Crippen LogP contribution < -0.4 is 14.9 Å². The number of thioether (sulfide) groups is 1. The fourth-order valence-corrected chi connectivity index (χ4v) is 3.73. The summed E-state index contributed by atoms with van der Waals surface area (Å²) in [7, 11) is 0. The summed E-state index contributed by atoms with van der Waals surface area (Å²) in [6.07, 6.45) is 1.66. The first-order valence-electron chi connectivity index (χ1n) is 7.79. The van der Waals surface area contributed by atoms with Gasteiger partial charge in [-0.15, -0.1) is 0 Å². The van der Waals surface area contributed by atoms with Gasteiger partial charge in [0.1, 0.15) is 5.75 Å². The Balaban J connectivity index is 1.53. The van der Waals surface area contributed by atoms with Crippen LogP contribution in [0, 0.1) is 0 Å². The van der Waals surface area contributed by atoms with Crippen molar-refractivity contribution in [2.75, 3.05) is 6.79 Å². The lowest BCUT2D eigenvalue weighted by atomic mass is 10.2. The van der Waals surface area contributed by atoms with Gasteiger partial charge >= 0.3 is 0 Å². The molecule has 2 heterocycles. The Kier molecular flexibility index (Phi) is 4.46. The lowest BCUT2D eigenvalue weighted by Gasteiger charge is -2.16. The Hall–Kier alpha value is -3.04. The molecule has 136 valence electrons. The van der Waals surface area contributed by atoms with Gasteiger partial charge in [0.05, 0.1) is 10.5 Å². The second kappa shape index (κ2) is 6.93. The van der Waals surface area contributed by atoms with Gasteiger partial charge in [-0.1, -0.05) is 30.0 Å². The maximum atomic E-state index is 12.6. The molecule has 2 aliphatic rings. The van der Waals surface area contributed by atoms with Gasteiger partial charge in [0.25, 0.3) is 11.8 Å². The molecule has 7 nitrogen and oxygen atoms in total. The van der Waals surface area contributed by atoms with Crippen LogP contribution in [0.3, 0.4) is 0 Å². The van der Waals surface area contributed by atoms with E-state index in [0.29, 0.717) is 16.4 Å². The molecular weight excluding hydrogens is 388 g/mol. The fourth-order valence-electron chi connectivity index (χ4n) is 2.55. The summed E-state index contributed by atoms with van der Waals surface area (Å²) >= 11 is 6.27. The van der Waals surface area contributed by atoms with E-state index in [1.165, 1.54) is 12.1 Å². The molecule has 2 aromatic rings. The molecule has 9 heteroatoms. The van der Waals surface area contributed by atoms with E-state index in [9.17, 15) is 14.7 Å². The lowest BCUT2D eigenvalue weighted by Crippen LogP contribution is -2.44. The molecule has 0 saturated carbocycles. The van der Waals surface area contributed by atoms with E-state index in [1.54, 1.807) is 36.4 Å². The number of aromatic hydroxyl groups is 1. The minimum absolute atomic E-state index is 0.0475. The van der Waals surface area contributed by atoms with Gasteiger partial charge in [0, 0.05) is 0 Å². The van der Waals surface area contributed by atoms with E-state index < -0.39 is 11.8 Å². The largest absolute Gasteiger partial charge is 0.507 e. The number of fused-ring (bicyclic) bond motifs is 1. The molecular formula is C18H12N2O5S2. The summed E-state index contributed by atoms with van der Waals surface area (Å²) < 4.78 is 10.8. The van der Waals surface area contributed by atoms with Crippen molar-refractivity contribution in [2.45, 2.75) is 0 Å². The number of rotatable bonds is 3. The number of hydrazine groups is 1. The van der Waals surface area contributed by atoms with Crippen LogP contribution in [0.4, 0.5) is 0 Å². The zero-order valence-corrected chi connectivity index (χ0v) is 15.3. The zero-order chi connectivity index (χ0) is 19.0. The Morgan fingerprint density at radius 1 is 1.22 bits per heavy atom. The highest BCUT2D eigenvalue weighted by molar-refractivity contribution is 8.26. The predicted molar refractivity (Wildman–Crippen MR) is 103 cm³/mol. The summed E-state index contributed by atoms with van der Waals surface area (Å²) in [6, 6.07) is 11.4. The number of phenols is 1. The maximum absolute atomic E-state index is 12.6. The minimum atomic E-state index is -0.631. The molecule has 0 radical (unpaired) electrons. The molecule has 0 spiro atoms. The molecule has 0 aromatic heterocycles. The molecule has 2 aliphatic heterocycles. The van der Waals surface area contributed by atoms with E-state index >= 15 is 0 Å². The zero-order valence-electron chi connectivity index (χ0n) is 13.7. The van der Waals surface area contributed by atoms with Gasteiger partial charge in [0.15, 0.2) is 15.8 Å². The van der Waals surface area contributed by atoms with Gasteiger partial charge in [-0.3, -0.25) is 15.0 Å². The first-order chi connectivity index (χ1) is 13.0. The van der Waals surface area contributed by atoms with Crippen molar-refractivity contribution >= 4 is 46.2 Å². The second-order valence-corrected chi connectivity index (χ2v) is 7.26. The van der Waals surface area contributed by atoms with Gasteiger partial charge < -0.3 is 14.6 Å². The summed E-state index contributed by atoms with van der Waals surface area (Å²) in [5, 5.41) is 10.8. The van der Waals surface area contributed by atoms with E-state index in [0.717, 1.165) is 22.3 Å². The first kappa shape index (κ1) is 17.4. The topological polar surface area (TPSA) is 88.1 Å². The summed E-state index contributed by atoms with van der Waals surface area (Å²) in [5.74, 6) is -0.0155. The Bertz CT molecular complexity index is 1000. The van der Waals surface area contributed by atoms with Gasteiger partial charge in [0.2, 0.25) is 6.79 Å². The molecule has 2 aromatic carbocycles. The van der Waals surface area contributed by atoms with Gasteiger partial charge in [-0.05, 0) is 48.1 Å². The van der Waals surface area contributed by atoms with Crippen LogP contribution in [-0.2, 0) is 4.79 Å². The highest BCUT2D eigenvalue weighted by Gasteiger charge is 2.34. The number of amides is 2. The average molecular weight is 400 g/mol. The smallest absolute Gasteiger partial charge is 0.285 e. The minimum Gasteiger partial charge on any atom is -0.507 e. The summed E-state index contributed by atoms with van der Waals surface area (Å²) in [6.45, 7) is 0.166. The van der Waals surface area contributed by atoms with Crippen molar-refractivity contribution in [3.63, 3.8) is 0 Å². The van der Waals surface area contributed by atoms with E-state index in [4.69, 9.17) is 21.7 Å². The number of benzene rings is 2. The number of hydrogen-bond acceptors (Lipinski definition) is 7. The first-order valence-corrected chi connectivity index (χ1v) is 9.02. The lowest BCUT2D eigenvalue weighted by molar-refractivity contribution is -0.123. The molecule has 27 heavy (non-hydrogen) atoms. The SMILES string of the molecule is O=C(NN1C(=O)C(=Cc2ccc3c(c2)OCO3)SC1=S)c1ccccc1O. The van der Waals surface area contributed by atoms with Crippen molar-refractivity contribution in [1.29, 1.82) is 0 Å². The number of nitrogens with one attached hydrogen (secondary N) is 1. The second-order valence-electron chi connectivity index (χ2n) is 5.59. The third-order valence-corrected chi connectivity index (χ3v) is 5.15. The number of para-hydroxylation sites is 1. The van der Waals surface area contributed by atoms with Crippen molar-refractivity contribution in [3.05, 3.63) is 58.5 Å². The quantitative estimate of drug-likeness (QED) is 0.605. The third kappa shape index (κ3) is 3.34. The summed E-state index contributed by atoms with van der Waals surface area (Å²) in [5.41, 5.74) is 3.22. The van der Waals surface area contributed by atoms with E-state index in [2.05, 4.69) is 5.43 Å². The van der Waals surface area contributed by atoms with Crippen molar-refractivity contribution < 1.29 is 24.2 Å². The van der Waals surface area contributed by atoms with Crippen LogP contribution in [-0.4, -0.2) is 33.0 Å². The molecule has 2 N–H and O–H groups in total. The molecule has 2 amide bonds. The number of nitrogens with zero attached hydrogens (tertiary/aromatic N) is 1. The maximum Gasteiger partial charge on any atom is 0.285 e. The number of ether oxygens (including phenoxy) is 2. The number of carbonyl (C=O) groups is 2. The Morgan fingerprint density at radius 2 is 2.00 bits per heavy atom. The number of carbonyl (C=O) groups excluding carboxylic acids is 2. The average Bonchev–Trinajstić information content (AvgIpc) is 3.22. The van der Waals surface area contributed by atoms with Crippen LogP contribution in [0.15, 0.2) is 47.4 Å². The standard InChI is InChI=1S/C18H12N2O5S2/c21-12-4-2-1-3-11(12)16(22)19-20-17(23)15(27-18(20)26)8-10-5-6-13-14(7-10)25-9-24-13/h1-8,21H,9H2,(H,19,22). The highest BCUT2D eigenvalue weighted by atomic mass is 32.2. The number of phenolic OH excluding ortho intramolecular Hbond substituents is 1. The molecule has 0 aliphatic carbocycles. The van der Waals surface area contributed by atoms with Crippen molar-refractivity contribution in [2.24, 2.45) is 0 Å². The summed E-state index contributed by atoms with van der Waals surface area (Å²) in [4.78, 5) is 25.3. The molecule has 0 atom stereocenters. The molecule has 1 fully saturated rings. The van der Waals surface area contributed by atoms with E-state index in [1.807, 2.05) is 0 Å². The fraction of sp³-hybridized carbons (Fsp3) is 0.0556.